The largest absolute Gasteiger partial charge is 0.497 e. The summed E-state index contributed by atoms with van der Waals surface area (Å²) >= 11 is 1.49. The van der Waals surface area contributed by atoms with Crippen LogP contribution in [-0.4, -0.2) is 27.8 Å². The number of hydrogen-bond acceptors (Lipinski definition) is 5. The van der Waals surface area contributed by atoms with E-state index in [-0.39, 0.29) is 5.91 Å². The number of hydrogen-bond donors (Lipinski definition) is 1. The Balaban J connectivity index is 1.56. The molecule has 4 rings (SSSR count). The summed E-state index contributed by atoms with van der Waals surface area (Å²) in [6.07, 6.45) is 2.29. The Bertz CT molecular complexity index is 1150. The van der Waals surface area contributed by atoms with Crippen LogP contribution in [0, 0.1) is 0 Å². The Morgan fingerprint density at radius 1 is 1.17 bits per heavy atom. The molecule has 6 nitrogen and oxygen atoms in total. The molecule has 0 spiro atoms. The van der Waals surface area contributed by atoms with Gasteiger partial charge in [-0.2, -0.15) is 5.10 Å². The minimum Gasteiger partial charge on any atom is -0.497 e. The average molecular weight is 419 g/mol. The Morgan fingerprint density at radius 3 is 2.77 bits per heavy atom. The third kappa shape index (κ3) is 4.11. The minimum absolute atomic E-state index is 0.133. The maximum Gasteiger partial charge on any atom is 0.255 e. The molecule has 2 aromatic heterocycles. The zero-order valence-corrected chi connectivity index (χ0v) is 17.6. The zero-order chi connectivity index (χ0) is 20.9. The van der Waals surface area contributed by atoms with Gasteiger partial charge >= 0.3 is 0 Å². The molecule has 2 aromatic carbocycles. The van der Waals surface area contributed by atoms with E-state index < -0.39 is 0 Å². The normalized spacial score (nSPS) is 10.7. The number of amides is 1. The predicted molar refractivity (Wildman–Crippen MR) is 118 cm³/mol. The quantitative estimate of drug-likeness (QED) is 0.480. The Hall–Kier alpha value is -3.45. The van der Waals surface area contributed by atoms with E-state index in [9.17, 15) is 4.79 Å². The summed E-state index contributed by atoms with van der Waals surface area (Å²) in [5.41, 5.74) is 4.29. The fourth-order valence-corrected chi connectivity index (χ4v) is 4.03. The summed E-state index contributed by atoms with van der Waals surface area (Å²) < 4.78 is 7.06. The first-order valence-corrected chi connectivity index (χ1v) is 10.6. The van der Waals surface area contributed by atoms with Crippen LogP contribution in [0.5, 0.6) is 5.75 Å². The Labute approximate surface area is 179 Å². The summed E-state index contributed by atoms with van der Waals surface area (Å²) in [7, 11) is 1.65. The Morgan fingerprint density at radius 2 is 2.00 bits per heavy atom. The molecule has 0 fully saturated rings. The van der Waals surface area contributed by atoms with E-state index >= 15 is 0 Å². The van der Waals surface area contributed by atoms with Crippen LogP contribution < -0.4 is 10.1 Å². The third-order valence-corrected chi connectivity index (χ3v) is 5.60. The van der Waals surface area contributed by atoms with Gasteiger partial charge in [-0.1, -0.05) is 49.4 Å². The van der Waals surface area contributed by atoms with Crippen LogP contribution in [0.3, 0.4) is 0 Å². The van der Waals surface area contributed by atoms with Crippen molar-refractivity contribution in [1.82, 2.24) is 20.1 Å². The van der Waals surface area contributed by atoms with Crippen molar-refractivity contribution in [2.24, 2.45) is 0 Å². The number of aromatic nitrogens is 3. The van der Waals surface area contributed by atoms with Crippen LogP contribution in [-0.2, 0) is 13.0 Å². The molecule has 0 saturated heterocycles. The van der Waals surface area contributed by atoms with Crippen LogP contribution in [0.1, 0.15) is 28.5 Å². The van der Waals surface area contributed by atoms with Gasteiger partial charge in [-0.3, -0.25) is 4.79 Å². The predicted octanol–water partition coefficient (Wildman–Crippen LogP) is 4.50. The molecule has 152 valence electrons. The second-order valence-electron chi connectivity index (χ2n) is 6.69. The number of ether oxygens (including phenoxy) is 1. The highest BCUT2D eigenvalue weighted by Gasteiger charge is 2.19. The summed E-state index contributed by atoms with van der Waals surface area (Å²) in [6.45, 7) is 2.49. The zero-order valence-electron chi connectivity index (χ0n) is 16.8. The number of carbonyl (C=O) groups is 1. The van der Waals surface area contributed by atoms with Gasteiger partial charge in [0.1, 0.15) is 5.75 Å². The summed E-state index contributed by atoms with van der Waals surface area (Å²) in [5.74, 6) is 0.652. The molecular weight excluding hydrogens is 396 g/mol. The van der Waals surface area contributed by atoms with Crippen LogP contribution >= 0.6 is 11.3 Å². The van der Waals surface area contributed by atoms with Crippen LogP contribution in [0.4, 0.5) is 0 Å². The van der Waals surface area contributed by atoms with Crippen molar-refractivity contribution in [2.75, 3.05) is 7.11 Å². The summed E-state index contributed by atoms with van der Waals surface area (Å²) in [6, 6.07) is 17.6. The van der Waals surface area contributed by atoms with E-state index in [1.165, 1.54) is 11.3 Å². The second kappa shape index (κ2) is 8.92. The standard InChI is InChI=1S/C23H22N4O2S/c1-3-21-19(22(28)24-13-16-8-5-4-6-9-16)14-25-27(21)23-26-20(15-30-23)17-10-7-11-18(12-17)29-2/h4-12,14-15H,3,13H2,1-2H3,(H,24,28). The number of thiazole rings is 1. The lowest BCUT2D eigenvalue weighted by Gasteiger charge is -2.07. The van der Waals surface area contributed by atoms with E-state index in [1.807, 2.05) is 66.9 Å². The second-order valence-corrected chi connectivity index (χ2v) is 7.52. The molecule has 0 radical (unpaired) electrons. The van der Waals surface area contributed by atoms with E-state index in [0.717, 1.165) is 33.4 Å². The van der Waals surface area contributed by atoms with Crippen molar-refractivity contribution in [3.05, 3.63) is 83.0 Å². The molecule has 1 N–H and O–H groups in total. The molecule has 0 saturated carbocycles. The molecule has 1 amide bonds. The molecule has 0 aliphatic rings. The van der Waals surface area contributed by atoms with Crippen LogP contribution in [0.25, 0.3) is 16.4 Å². The van der Waals surface area contributed by atoms with E-state index in [2.05, 4.69) is 10.4 Å². The maximum atomic E-state index is 12.7. The van der Waals surface area contributed by atoms with Gasteiger partial charge in [0, 0.05) is 17.5 Å². The molecule has 30 heavy (non-hydrogen) atoms. The van der Waals surface area contributed by atoms with Gasteiger partial charge in [0.2, 0.25) is 5.13 Å². The maximum absolute atomic E-state index is 12.7. The molecule has 0 aliphatic carbocycles. The fraction of sp³-hybridized carbons (Fsp3) is 0.174. The van der Waals surface area contributed by atoms with Gasteiger partial charge in [0.05, 0.1) is 30.3 Å². The molecule has 0 atom stereocenters. The average Bonchev–Trinajstić information content (AvgIpc) is 3.45. The molecule has 7 heteroatoms. The highest BCUT2D eigenvalue weighted by molar-refractivity contribution is 7.12. The molecule has 0 bridgehead atoms. The number of carbonyl (C=O) groups excluding carboxylic acids is 1. The first kappa shape index (κ1) is 19.8. The third-order valence-electron chi connectivity index (χ3n) is 4.78. The molecule has 4 aromatic rings. The van der Waals surface area contributed by atoms with Gasteiger partial charge in [-0.25, -0.2) is 9.67 Å². The monoisotopic (exact) mass is 418 g/mol. The molecule has 0 aliphatic heterocycles. The smallest absolute Gasteiger partial charge is 0.255 e. The van der Waals surface area contributed by atoms with Crippen molar-refractivity contribution < 1.29 is 9.53 Å². The number of methoxy groups -OCH3 is 1. The highest BCUT2D eigenvalue weighted by atomic mass is 32.1. The lowest BCUT2D eigenvalue weighted by atomic mass is 10.1. The van der Waals surface area contributed by atoms with Gasteiger partial charge < -0.3 is 10.1 Å². The number of rotatable bonds is 7. The topological polar surface area (TPSA) is 69.0 Å². The number of nitrogens with zero attached hydrogens (tertiary/aromatic N) is 3. The first-order valence-electron chi connectivity index (χ1n) is 9.69. The fourth-order valence-electron chi connectivity index (χ4n) is 3.22. The lowest BCUT2D eigenvalue weighted by molar-refractivity contribution is 0.0950. The van der Waals surface area contributed by atoms with Gasteiger partial charge in [-0.05, 0) is 24.1 Å². The summed E-state index contributed by atoms with van der Waals surface area (Å²) in [4.78, 5) is 17.5. The van der Waals surface area contributed by atoms with Gasteiger partial charge in [-0.15, -0.1) is 11.3 Å². The van der Waals surface area contributed by atoms with Gasteiger partial charge in [0.15, 0.2) is 0 Å². The van der Waals surface area contributed by atoms with E-state index in [1.54, 1.807) is 18.0 Å². The van der Waals surface area contributed by atoms with E-state index in [4.69, 9.17) is 9.72 Å². The van der Waals surface area contributed by atoms with Crippen LogP contribution in [0.2, 0.25) is 0 Å². The van der Waals surface area contributed by atoms with Crippen molar-refractivity contribution in [2.45, 2.75) is 19.9 Å². The SMILES string of the molecule is CCc1c(C(=O)NCc2ccccc2)cnn1-c1nc(-c2cccc(OC)c2)cs1. The molecular formula is C23H22N4O2S. The van der Waals surface area contributed by atoms with Crippen molar-refractivity contribution >= 4 is 17.2 Å². The van der Waals surface area contributed by atoms with Gasteiger partial charge in [0.25, 0.3) is 5.91 Å². The number of nitrogens with one attached hydrogen (secondary N) is 1. The van der Waals surface area contributed by atoms with Crippen molar-refractivity contribution in [1.29, 1.82) is 0 Å². The van der Waals surface area contributed by atoms with Crippen LogP contribution in [0.15, 0.2) is 66.2 Å². The first-order chi connectivity index (χ1) is 14.7. The summed E-state index contributed by atoms with van der Waals surface area (Å²) in [5, 5.41) is 10.1. The Kier molecular flexibility index (Phi) is 5.90. The van der Waals surface area contributed by atoms with Crippen molar-refractivity contribution in [3.63, 3.8) is 0 Å². The molecule has 0 unspecified atom stereocenters. The lowest BCUT2D eigenvalue weighted by Crippen LogP contribution is -2.23. The van der Waals surface area contributed by atoms with E-state index in [0.29, 0.717) is 18.5 Å². The van der Waals surface area contributed by atoms with Crippen molar-refractivity contribution in [3.8, 4) is 22.1 Å². The molecule has 2 heterocycles. The minimum atomic E-state index is -0.133. The highest BCUT2D eigenvalue weighted by Crippen LogP contribution is 2.28. The number of benzene rings is 2.